The lowest BCUT2D eigenvalue weighted by molar-refractivity contribution is 0.0697. The zero-order valence-corrected chi connectivity index (χ0v) is 11.0. The molecule has 0 saturated carbocycles. The van der Waals surface area contributed by atoms with Crippen LogP contribution >= 0.6 is 0 Å². The number of aromatic hydroxyl groups is 1. The number of carboxylic acid groups (broad SMARTS) is 1. The third-order valence-electron chi connectivity index (χ3n) is 3.02. The van der Waals surface area contributed by atoms with Crippen molar-refractivity contribution in [1.82, 2.24) is 4.98 Å². The maximum Gasteiger partial charge on any atom is 0.339 e. The highest BCUT2D eigenvalue weighted by Gasteiger charge is 2.19. The molecule has 0 radical (unpaired) electrons. The number of nitrogens with one attached hydrogen (secondary N) is 2. The van der Waals surface area contributed by atoms with Crippen LogP contribution in [0.5, 0.6) is 5.75 Å². The average molecular weight is 274 g/mol. The number of phenolic OH excluding ortho intramolecular Hbond substituents is 1. The number of aromatic amines is 1. The van der Waals surface area contributed by atoms with Crippen molar-refractivity contribution in [3.63, 3.8) is 0 Å². The number of hydrogen-bond donors (Lipinski definition) is 4. The number of rotatable bonds is 3. The van der Waals surface area contributed by atoms with Crippen molar-refractivity contribution < 1.29 is 19.8 Å². The van der Waals surface area contributed by atoms with Gasteiger partial charge in [0.25, 0.3) is 5.91 Å². The first-order valence-corrected chi connectivity index (χ1v) is 5.93. The van der Waals surface area contributed by atoms with Gasteiger partial charge in [0.2, 0.25) is 0 Å². The Morgan fingerprint density at radius 1 is 1.25 bits per heavy atom. The summed E-state index contributed by atoms with van der Waals surface area (Å²) in [6.07, 6.45) is 1.41. The number of hydrogen-bond acceptors (Lipinski definition) is 3. The zero-order chi connectivity index (χ0) is 14.9. The van der Waals surface area contributed by atoms with E-state index in [-0.39, 0.29) is 22.6 Å². The summed E-state index contributed by atoms with van der Waals surface area (Å²) in [5, 5.41) is 21.4. The number of H-pyrrole nitrogens is 1. The number of benzene rings is 1. The Labute approximate surface area is 115 Å². The standard InChI is InChI=1S/C14H14N2O4/c1-7-4-3-5-9(12(7)17)13(18)16-10-6-15-8(2)11(10)14(19)20/h3-6,15,17H,1-2H3,(H,16,18)(H,19,20). The molecule has 0 aliphatic rings. The van der Waals surface area contributed by atoms with Gasteiger partial charge in [-0.1, -0.05) is 12.1 Å². The van der Waals surface area contributed by atoms with Crippen molar-refractivity contribution in [2.45, 2.75) is 13.8 Å². The summed E-state index contributed by atoms with van der Waals surface area (Å²) in [4.78, 5) is 26.0. The van der Waals surface area contributed by atoms with Crippen molar-refractivity contribution in [3.05, 3.63) is 46.8 Å². The number of aryl methyl sites for hydroxylation is 2. The Morgan fingerprint density at radius 3 is 2.60 bits per heavy atom. The van der Waals surface area contributed by atoms with E-state index < -0.39 is 11.9 Å². The number of carboxylic acids is 1. The number of carbonyl (C=O) groups excluding carboxylic acids is 1. The largest absolute Gasteiger partial charge is 0.507 e. The Hall–Kier alpha value is -2.76. The zero-order valence-electron chi connectivity index (χ0n) is 11.0. The van der Waals surface area contributed by atoms with Gasteiger partial charge in [-0.25, -0.2) is 4.79 Å². The third-order valence-corrected chi connectivity index (χ3v) is 3.02. The Kier molecular flexibility index (Phi) is 3.47. The van der Waals surface area contributed by atoms with Crippen LogP contribution in [-0.4, -0.2) is 27.1 Å². The van der Waals surface area contributed by atoms with E-state index in [4.69, 9.17) is 5.11 Å². The number of aromatic carboxylic acids is 1. The molecule has 6 nitrogen and oxygen atoms in total. The van der Waals surface area contributed by atoms with Gasteiger partial charge in [-0.05, 0) is 25.5 Å². The first kappa shape index (κ1) is 13.7. The van der Waals surface area contributed by atoms with Gasteiger partial charge in [0.15, 0.2) is 0 Å². The highest BCUT2D eigenvalue weighted by Crippen LogP contribution is 2.24. The molecular formula is C14H14N2O4. The first-order valence-electron chi connectivity index (χ1n) is 5.93. The number of para-hydroxylation sites is 1. The summed E-state index contributed by atoms with van der Waals surface area (Å²) in [5.41, 5.74) is 1.29. The van der Waals surface area contributed by atoms with E-state index in [1.807, 2.05) is 0 Å². The van der Waals surface area contributed by atoms with Crippen LogP contribution < -0.4 is 5.32 Å². The van der Waals surface area contributed by atoms with Crippen LogP contribution in [0.25, 0.3) is 0 Å². The lowest BCUT2D eigenvalue weighted by Crippen LogP contribution is -2.14. The molecule has 0 fully saturated rings. The smallest absolute Gasteiger partial charge is 0.339 e. The second-order valence-corrected chi connectivity index (χ2v) is 4.43. The van der Waals surface area contributed by atoms with Gasteiger partial charge in [0.05, 0.1) is 11.3 Å². The minimum Gasteiger partial charge on any atom is -0.507 e. The van der Waals surface area contributed by atoms with Crippen LogP contribution in [0.3, 0.4) is 0 Å². The Morgan fingerprint density at radius 2 is 1.95 bits per heavy atom. The molecule has 0 atom stereocenters. The van der Waals surface area contributed by atoms with Crippen LogP contribution in [-0.2, 0) is 0 Å². The van der Waals surface area contributed by atoms with Gasteiger partial charge in [0.1, 0.15) is 11.3 Å². The first-order chi connectivity index (χ1) is 9.41. The number of phenols is 1. The second kappa shape index (κ2) is 5.08. The van der Waals surface area contributed by atoms with E-state index in [1.165, 1.54) is 12.3 Å². The highest BCUT2D eigenvalue weighted by atomic mass is 16.4. The minimum atomic E-state index is -1.13. The summed E-state index contributed by atoms with van der Waals surface area (Å²) in [5.74, 6) is -1.81. The molecule has 1 aromatic heterocycles. The van der Waals surface area contributed by atoms with Crippen LogP contribution in [0, 0.1) is 13.8 Å². The van der Waals surface area contributed by atoms with Crippen molar-refractivity contribution >= 4 is 17.6 Å². The van der Waals surface area contributed by atoms with Crippen LogP contribution in [0.15, 0.2) is 24.4 Å². The van der Waals surface area contributed by atoms with E-state index in [0.717, 1.165) is 0 Å². The predicted octanol–water partition coefficient (Wildman–Crippen LogP) is 2.29. The fourth-order valence-corrected chi connectivity index (χ4v) is 1.93. The van der Waals surface area contributed by atoms with Gasteiger partial charge in [0, 0.05) is 11.9 Å². The van der Waals surface area contributed by atoms with Crippen molar-refractivity contribution in [2.75, 3.05) is 5.32 Å². The van der Waals surface area contributed by atoms with E-state index in [2.05, 4.69) is 10.3 Å². The predicted molar refractivity (Wildman–Crippen MR) is 73.3 cm³/mol. The maximum atomic E-state index is 12.1. The van der Waals surface area contributed by atoms with Crippen LogP contribution in [0.4, 0.5) is 5.69 Å². The quantitative estimate of drug-likeness (QED) is 0.689. The van der Waals surface area contributed by atoms with Crippen molar-refractivity contribution in [3.8, 4) is 5.75 Å². The average Bonchev–Trinajstić information content (AvgIpc) is 2.73. The molecule has 0 bridgehead atoms. The van der Waals surface area contributed by atoms with Gasteiger partial charge in [-0.15, -0.1) is 0 Å². The topological polar surface area (TPSA) is 102 Å². The molecule has 2 aromatic rings. The minimum absolute atomic E-state index is 0.00509. The van der Waals surface area contributed by atoms with Gasteiger partial charge >= 0.3 is 5.97 Å². The molecule has 1 heterocycles. The summed E-state index contributed by atoms with van der Waals surface area (Å²) in [6, 6.07) is 4.79. The Bertz CT molecular complexity index is 688. The third kappa shape index (κ3) is 2.35. The SMILES string of the molecule is Cc1cccc(C(=O)Nc2c[nH]c(C)c2C(=O)O)c1O. The molecule has 104 valence electrons. The monoisotopic (exact) mass is 274 g/mol. The van der Waals surface area contributed by atoms with E-state index in [9.17, 15) is 14.7 Å². The normalized spacial score (nSPS) is 10.3. The molecule has 0 aliphatic carbocycles. The van der Waals surface area contributed by atoms with Gasteiger partial charge in [-0.3, -0.25) is 4.79 Å². The number of amides is 1. The molecular weight excluding hydrogens is 260 g/mol. The van der Waals surface area contributed by atoms with Crippen molar-refractivity contribution in [2.24, 2.45) is 0 Å². The molecule has 0 unspecified atom stereocenters. The number of anilines is 1. The van der Waals surface area contributed by atoms with E-state index in [0.29, 0.717) is 11.3 Å². The fourth-order valence-electron chi connectivity index (χ4n) is 1.93. The molecule has 6 heteroatoms. The van der Waals surface area contributed by atoms with Crippen molar-refractivity contribution in [1.29, 1.82) is 0 Å². The highest BCUT2D eigenvalue weighted by molar-refractivity contribution is 6.09. The molecule has 20 heavy (non-hydrogen) atoms. The van der Waals surface area contributed by atoms with E-state index in [1.54, 1.807) is 26.0 Å². The molecule has 4 N–H and O–H groups in total. The van der Waals surface area contributed by atoms with Crippen LogP contribution in [0.1, 0.15) is 32.0 Å². The number of aromatic nitrogens is 1. The maximum absolute atomic E-state index is 12.1. The Balaban J connectivity index is 2.33. The summed E-state index contributed by atoms with van der Waals surface area (Å²) in [7, 11) is 0. The van der Waals surface area contributed by atoms with Gasteiger partial charge < -0.3 is 20.5 Å². The molecule has 0 aliphatic heterocycles. The molecule has 2 rings (SSSR count). The summed E-state index contributed by atoms with van der Waals surface area (Å²) >= 11 is 0. The summed E-state index contributed by atoms with van der Waals surface area (Å²) in [6.45, 7) is 3.28. The summed E-state index contributed by atoms with van der Waals surface area (Å²) < 4.78 is 0. The van der Waals surface area contributed by atoms with Crippen LogP contribution in [0.2, 0.25) is 0 Å². The fraction of sp³-hybridized carbons (Fsp3) is 0.143. The van der Waals surface area contributed by atoms with Gasteiger partial charge in [-0.2, -0.15) is 0 Å². The lowest BCUT2D eigenvalue weighted by Gasteiger charge is -2.08. The molecule has 0 saturated heterocycles. The second-order valence-electron chi connectivity index (χ2n) is 4.43. The number of carbonyl (C=O) groups is 2. The molecule has 1 aromatic carbocycles. The molecule has 1 amide bonds. The molecule has 0 spiro atoms. The lowest BCUT2D eigenvalue weighted by atomic mass is 10.1. The van der Waals surface area contributed by atoms with E-state index >= 15 is 0 Å².